The zero-order valence-electron chi connectivity index (χ0n) is 52.5. The van der Waals surface area contributed by atoms with Crippen LogP contribution in [0.15, 0.2) is 97.2 Å². The van der Waals surface area contributed by atoms with E-state index in [1.54, 1.807) is 0 Å². The standard InChI is InChI=1S/C70H124NO8P/c1-6-8-10-12-14-16-18-20-22-24-25-26-27-28-29-30-31-32-33-34-35-36-37-38-39-40-41-42-43-44-45-47-48-50-52-54-56-58-60-62-69(72)76-66-68(67-78-80(74,75)77-65-64-71(3,4)5)79-70(73)63-61-59-57-55-53-51-49-46-23-21-19-17-15-13-11-9-7-2/h9,11,15,17-18,20-21,23-25,27-28,49,51,55,57,68H,6-8,10,12-14,16,19,22,26,29-48,50,52-54,56,58-67H2,1-5H3/p+1/b11-9-,17-15-,20-18-,23-21-,25-24-,28-27-,51-49-,57-55-. The molecule has 1 N–H and O–H groups in total. The minimum absolute atomic E-state index is 0.0182. The Morgan fingerprint density at radius 2 is 0.725 bits per heavy atom. The average Bonchev–Trinajstić information content (AvgIpc) is 3.42. The molecule has 0 fully saturated rings. The van der Waals surface area contributed by atoms with Crippen LogP contribution in [0.2, 0.25) is 0 Å². The van der Waals surface area contributed by atoms with Crippen molar-refractivity contribution in [1.82, 2.24) is 0 Å². The molecule has 0 rings (SSSR count). The fraction of sp³-hybridized carbons (Fsp3) is 0.743. The summed E-state index contributed by atoms with van der Waals surface area (Å²) in [5, 5.41) is 0. The molecule has 0 bridgehead atoms. The summed E-state index contributed by atoms with van der Waals surface area (Å²) in [6.07, 6.45) is 84.0. The number of hydrogen-bond acceptors (Lipinski definition) is 7. The molecule has 0 aliphatic carbocycles. The van der Waals surface area contributed by atoms with E-state index < -0.39 is 26.5 Å². The molecule has 0 aliphatic heterocycles. The molecule has 10 heteroatoms. The van der Waals surface area contributed by atoms with E-state index in [1.165, 1.54) is 180 Å². The Hall–Kier alpha value is -3.07. The van der Waals surface area contributed by atoms with Crippen molar-refractivity contribution in [1.29, 1.82) is 0 Å². The van der Waals surface area contributed by atoms with Gasteiger partial charge in [-0.25, -0.2) is 4.57 Å². The first-order valence-corrected chi connectivity index (χ1v) is 34.5. The number of esters is 2. The molecule has 462 valence electrons. The van der Waals surface area contributed by atoms with Crippen LogP contribution in [-0.4, -0.2) is 74.9 Å². The zero-order chi connectivity index (χ0) is 58.4. The van der Waals surface area contributed by atoms with Gasteiger partial charge in [-0.1, -0.05) is 278 Å². The molecule has 0 saturated heterocycles. The quantitative estimate of drug-likeness (QED) is 0.0211. The highest BCUT2D eigenvalue weighted by molar-refractivity contribution is 7.47. The molecule has 0 saturated carbocycles. The third-order valence-corrected chi connectivity index (χ3v) is 15.1. The van der Waals surface area contributed by atoms with Crippen LogP contribution in [0.5, 0.6) is 0 Å². The molecule has 80 heavy (non-hydrogen) atoms. The van der Waals surface area contributed by atoms with Crippen molar-refractivity contribution < 1.29 is 42.1 Å². The lowest BCUT2D eigenvalue weighted by Gasteiger charge is -2.24. The van der Waals surface area contributed by atoms with Gasteiger partial charge in [0.05, 0.1) is 27.7 Å². The minimum Gasteiger partial charge on any atom is -0.462 e. The number of phosphoric ester groups is 1. The normalized spacial score (nSPS) is 13.8. The first-order chi connectivity index (χ1) is 39.0. The van der Waals surface area contributed by atoms with Gasteiger partial charge in [-0.05, 0) is 89.9 Å². The molecule has 2 unspecified atom stereocenters. The summed E-state index contributed by atoms with van der Waals surface area (Å²) in [4.78, 5) is 35.7. The lowest BCUT2D eigenvalue weighted by atomic mass is 10.0. The van der Waals surface area contributed by atoms with Crippen LogP contribution in [0, 0.1) is 0 Å². The molecule has 0 amide bonds. The van der Waals surface area contributed by atoms with E-state index in [1.807, 2.05) is 21.1 Å². The molecular weight excluding hydrogens is 1010 g/mol. The molecule has 0 aromatic carbocycles. The highest BCUT2D eigenvalue weighted by atomic mass is 31.2. The number of allylic oxidation sites excluding steroid dienone is 16. The number of quaternary nitrogens is 1. The second-order valence-corrected chi connectivity index (χ2v) is 24.6. The number of likely N-dealkylation sites (N-methyl/N-ethyl adjacent to an activating group) is 1. The number of hydrogen-bond donors (Lipinski definition) is 1. The monoisotopic (exact) mass is 1140 g/mol. The van der Waals surface area contributed by atoms with Gasteiger partial charge in [0.2, 0.25) is 0 Å². The molecular formula is C70H125NO8P+. The van der Waals surface area contributed by atoms with Crippen molar-refractivity contribution in [2.24, 2.45) is 0 Å². The van der Waals surface area contributed by atoms with Crippen LogP contribution >= 0.6 is 7.82 Å². The summed E-state index contributed by atoms with van der Waals surface area (Å²) in [6.45, 7) is 4.25. The average molecular weight is 1140 g/mol. The molecule has 9 nitrogen and oxygen atoms in total. The second kappa shape index (κ2) is 60.5. The number of rotatable bonds is 60. The van der Waals surface area contributed by atoms with E-state index in [2.05, 4.69) is 111 Å². The molecule has 0 aromatic heterocycles. The maximum atomic E-state index is 12.8. The van der Waals surface area contributed by atoms with Crippen LogP contribution in [0.3, 0.4) is 0 Å². The van der Waals surface area contributed by atoms with Crippen molar-refractivity contribution in [3.05, 3.63) is 97.2 Å². The number of phosphoric acid groups is 1. The smallest absolute Gasteiger partial charge is 0.462 e. The van der Waals surface area contributed by atoms with Gasteiger partial charge in [-0.15, -0.1) is 0 Å². The van der Waals surface area contributed by atoms with Gasteiger partial charge in [0.25, 0.3) is 0 Å². The molecule has 0 aromatic rings. The van der Waals surface area contributed by atoms with Crippen molar-refractivity contribution in [2.45, 2.75) is 290 Å². The SMILES string of the molecule is CC/C=C\C/C=C\C/C=C\C/C=C\C/C=C\CCCC(=O)OC(COC(=O)CCCCCCCCCCCCCCCCCCCCCCCCCC/C=C\C/C=C\C/C=C\CCCCCCC)COP(=O)(O)OCC[N+](C)(C)C. The number of ether oxygens (including phenoxy) is 2. The molecule has 0 radical (unpaired) electrons. The van der Waals surface area contributed by atoms with Gasteiger partial charge in [-0.3, -0.25) is 18.6 Å². The summed E-state index contributed by atoms with van der Waals surface area (Å²) < 4.78 is 34.5. The van der Waals surface area contributed by atoms with Gasteiger partial charge >= 0.3 is 19.8 Å². The number of nitrogens with zero attached hydrogens (tertiary/aromatic N) is 1. The molecule has 0 aliphatic rings. The van der Waals surface area contributed by atoms with Crippen LogP contribution in [0.4, 0.5) is 0 Å². The van der Waals surface area contributed by atoms with E-state index in [0.29, 0.717) is 23.9 Å². The fourth-order valence-corrected chi connectivity index (χ4v) is 9.80. The fourth-order valence-electron chi connectivity index (χ4n) is 9.06. The Morgan fingerprint density at radius 3 is 1.10 bits per heavy atom. The lowest BCUT2D eigenvalue weighted by molar-refractivity contribution is -0.870. The number of unbranched alkanes of at least 4 members (excludes halogenated alkanes) is 30. The summed E-state index contributed by atoms with van der Waals surface area (Å²) >= 11 is 0. The first-order valence-electron chi connectivity index (χ1n) is 33.0. The summed E-state index contributed by atoms with van der Waals surface area (Å²) in [6, 6.07) is 0. The van der Waals surface area contributed by atoms with E-state index in [0.717, 1.165) is 64.2 Å². The van der Waals surface area contributed by atoms with Crippen LogP contribution in [0.25, 0.3) is 0 Å². The summed E-state index contributed by atoms with van der Waals surface area (Å²) in [7, 11) is 1.44. The number of carbonyl (C=O) groups excluding carboxylic acids is 2. The lowest BCUT2D eigenvalue weighted by Crippen LogP contribution is -2.37. The topological polar surface area (TPSA) is 108 Å². The largest absolute Gasteiger partial charge is 0.472 e. The van der Waals surface area contributed by atoms with Gasteiger partial charge in [-0.2, -0.15) is 0 Å². The van der Waals surface area contributed by atoms with Crippen LogP contribution in [-0.2, 0) is 32.7 Å². The van der Waals surface area contributed by atoms with Crippen molar-refractivity contribution >= 4 is 19.8 Å². The zero-order valence-corrected chi connectivity index (χ0v) is 53.4. The van der Waals surface area contributed by atoms with Crippen LogP contribution < -0.4 is 0 Å². The minimum atomic E-state index is -4.41. The highest BCUT2D eigenvalue weighted by Gasteiger charge is 2.27. The third kappa shape index (κ3) is 64.1. The summed E-state index contributed by atoms with van der Waals surface area (Å²) in [5.41, 5.74) is 0. The summed E-state index contributed by atoms with van der Waals surface area (Å²) in [5.74, 6) is -0.862. The van der Waals surface area contributed by atoms with E-state index in [4.69, 9.17) is 18.5 Å². The van der Waals surface area contributed by atoms with Crippen molar-refractivity contribution in [3.8, 4) is 0 Å². The van der Waals surface area contributed by atoms with Crippen LogP contribution in [0.1, 0.15) is 284 Å². The first kappa shape index (κ1) is 76.9. The van der Waals surface area contributed by atoms with Gasteiger partial charge in [0.1, 0.15) is 19.8 Å². The predicted octanol–water partition coefficient (Wildman–Crippen LogP) is 21.2. The van der Waals surface area contributed by atoms with Crippen molar-refractivity contribution in [2.75, 3.05) is 47.5 Å². The molecule has 2 atom stereocenters. The Kier molecular flexibility index (Phi) is 58.2. The molecule has 0 heterocycles. The number of carbonyl (C=O) groups is 2. The van der Waals surface area contributed by atoms with E-state index >= 15 is 0 Å². The van der Waals surface area contributed by atoms with Crippen molar-refractivity contribution in [3.63, 3.8) is 0 Å². The molecule has 0 spiro atoms. The highest BCUT2D eigenvalue weighted by Crippen LogP contribution is 2.43. The van der Waals surface area contributed by atoms with Gasteiger partial charge < -0.3 is 18.9 Å². The van der Waals surface area contributed by atoms with E-state index in [-0.39, 0.29) is 32.0 Å². The maximum Gasteiger partial charge on any atom is 0.472 e. The predicted molar refractivity (Wildman–Crippen MR) is 344 cm³/mol. The third-order valence-electron chi connectivity index (χ3n) is 14.1. The van der Waals surface area contributed by atoms with Gasteiger partial charge in [0.15, 0.2) is 6.10 Å². The van der Waals surface area contributed by atoms with Gasteiger partial charge in [0, 0.05) is 12.8 Å². The Labute approximate surface area is 493 Å². The Balaban J connectivity index is 3.96. The maximum absolute atomic E-state index is 12.8. The Morgan fingerprint density at radius 1 is 0.400 bits per heavy atom. The Bertz CT molecular complexity index is 1670. The second-order valence-electron chi connectivity index (χ2n) is 23.1. The van der Waals surface area contributed by atoms with E-state index in [9.17, 15) is 19.0 Å².